The van der Waals surface area contributed by atoms with Crippen LogP contribution < -0.4 is 16.0 Å². The fourth-order valence-corrected chi connectivity index (χ4v) is 1.42. The monoisotopic (exact) mass is 226 g/mol. The number of halogens is 1. The van der Waals surface area contributed by atoms with Gasteiger partial charge in [0.2, 0.25) is 0 Å². The zero-order valence-corrected chi connectivity index (χ0v) is 8.30. The van der Waals surface area contributed by atoms with Crippen molar-refractivity contribution in [2.75, 3.05) is 6.07 Å². The first-order valence-corrected chi connectivity index (χ1v) is 4.69. The first-order chi connectivity index (χ1) is 7.20. The molecule has 0 spiro atoms. The van der Waals surface area contributed by atoms with Gasteiger partial charge < -0.3 is 9.72 Å². The molecule has 0 aliphatic rings. The van der Waals surface area contributed by atoms with E-state index in [0.29, 0.717) is 16.7 Å². The number of aromatic nitrogens is 2. The molecule has 15 heavy (non-hydrogen) atoms. The molecule has 2 aromatic rings. The largest absolute Gasteiger partial charge is 0.478 e. The van der Waals surface area contributed by atoms with Crippen molar-refractivity contribution in [3.8, 4) is 5.75 Å². The Balaban J connectivity index is 2.71. The molecule has 1 heterocycles. The van der Waals surface area contributed by atoms with Crippen molar-refractivity contribution in [1.82, 2.24) is 9.97 Å². The molecule has 0 atom stereocenters. The molecule has 0 aliphatic heterocycles. The number of alkyl halides is 1. The molecule has 2 N–H and O–H groups in total. The summed E-state index contributed by atoms with van der Waals surface area (Å²) >= 11 is 5.39. The average Bonchev–Trinajstić information content (AvgIpc) is 2.19. The molecule has 5 nitrogen and oxygen atoms in total. The van der Waals surface area contributed by atoms with Crippen LogP contribution in [0.1, 0.15) is 0 Å². The first kappa shape index (κ1) is 9.79. The van der Waals surface area contributed by atoms with E-state index < -0.39 is 11.2 Å². The van der Waals surface area contributed by atoms with Gasteiger partial charge >= 0.3 is 5.69 Å². The smallest absolute Gasteiger partial charge is 0.326 e. The fraction of sp³-hybridized carbons (Fsp3) is 0.111. The van der Waals surface area contributed by atoms with Crippen molar-refractivity contribution in [3.63, 3.8) is 0 Å². The predicted octanol–water partition coefficient (Wildman–Crippen LogP) is 0.791. The maximum absolute atomic E-state index is 11.4. The molecule has 78 valence electrons. The van der Waals surface area contributed by atoms with E-state index in [-0.39, 0.29) is 6.07 Å². The third-order valence-corrected chi connectivity index (χ3v) is 2.04. The number of aromatic amines is 2. The molecule has 0 radical (unpaired) electrons. The number of nitrogens with one attached hydrogen (secondary N) is 2. The second-order valence-corrected chi connectivity index (χ2v) is 3.09. The van der Waals surface area contributed by atoms with E-state index in [1.165, 1.54) is 6.07 Å². The zero-order valence-electron chi connectivity index (χ0n) is 7.54. The van der Waals surface area contributed by atoms with Gasteiger partial charge in [-0.1, -0.05) is 11.6 Å². The number of hydrogen-bond acceptors (Lipinski definition) is 3. The quantitative estimate of drug-likeness (QED) is 0.744. The number of ether oxygens (including phenoxy) is 1. The molecule has 0 bridgehead atoms. The molecule has 1 aromatic heterocycles. The lowest BCUT2D eigenvalue weighted by atomic mass is 10.2. The molecule has 2 rings (SSSR count). The topological polar surface area (TPSA) is 74.9 Å². The van der Waals surface area contributed by atoms with E-state index in [4.69, 9.17) is 16.3 Å². The summed E-state index contributed by atoms with van der Waals surface area (Å²) in [5.74, 6) is 0.482. The Hall–Kier alpha value is -1.75. The Labute approximate surface area is 88.7 Å². The van der Waals surface area contributed by atoms with E-state index in [2.05, 4.69) is 9.97 Å². The van der Waals surface area contributed by atoms with Gasteiger partial charge in [-0.15, -0.1) is 0 Å². The molecule has 0 amide bonds. The van der Waals surface area contributed by atoms with E-state index in [9.17, 15) is 9.59 Å². The fourth-order valence-electron chi connectivity index (χ4n) is 1.30. The summed E-state index contributed by atoms with van der Waals surface area (Å²) in [6.45, 7) is 0. The number of H-pyrrole nitrogens is 2. The molecule has 0 saturated heterocycles. The minimum absolute atomic E-state index is 0.00671. The van der Waals surface area contributed by atoms with Crippen LogP contribution in [0, 0.1) is 0 Å². The average molecular weight is 227 g/mol. The number of hydrogen-bond donors (Lipinski definition) is 2. The highest BCUT2D eigenvalue weighted by Crippen LogP contribution is 2.15. The van der Waals surface area contributed by atoms with Crippen molar-refractivity contribution in [3.05, 3.63) is 39.0 Å². The van der Waals surface area contributed by atoms with Crippen LogP contribution >= 0.6 is 11.6 Å². The van der Waals surface area contributed by atoms with Gasteiger partial charge in [0.05, 0.1) is 10.9 Å². The lowest BCUT2D eigenvalue weighted by molar-refractivity contribution is 0.388. The normalized spacial score (nSPS) is 10.5. The van der Waals surface area contributed by atoms with Crippen LogP contribution in [-0.4, -0.2) is 16.0 Å². The van der Waals surface area contributed by atoms with E-state index in [1.807, 2.05) is 0 Å². The number of rotatable bonds is 2. The van der Waals surface area contributed by atoms with Gasteiger partial charge in [0.1, 0.15) is 5.75 Å². The maximum Gasteiger partial charge on any atom is 0.326 e. The van der Waals surface area contributed by atoms with Crippen LogP contribution in [0.25, 0.3) is 10.9 Å². The second kappa shape index (κ2) is 3.78. The molecule has 0 unspecified atom stereocenters. The summed E-state index contributed by atoms with van der Waals surface area (Å²) in [5.41, 5.74) is -0.516. The Bertz CT molecular complexity index is 602. The predicted molar refractivity (Wildman–Crippen MR) is 56.5 cm³/mol. The highest BCUT2D eigenvalue weighted by atomic mass is 35.5. The third kappa shape index (κ3) is 1.87. The summed E-state index contributed by atoms with van der Waals surface area (Å²) in [6, 6.07) is 4.74. The van der Waals surface area contributed by atoms with Gasteiger partial charge in [-0.25, -0.2) is 4.79 Å². The van der Waals surface area contributed by atoms with E-state index in [1.54, 1.807) is 12.1 Å². The summed E-state index contributed by atoms with van der Waals surface area (Å²) in [6.07, 6.45) is 0. The maximum atomic E-state index is 11.4. The lowest BCUT2D eigenvalue weighted by Crippen LogP contribution is -2.21. The Morgan fingerprint density at radius 2 is 2.07 bits per heavy atom. The van der Waals surface area contributed by atoms with E-state index in [0.717, 1.165) is 0 Å². The number of benzene rings is 1. The van der Waals surface area contributed by atoms with Crippen molar-refractivity contribution >= 4 is 22.5 Å². The molecule has 1 aromatic carbocycles. The van der Waals surface area contributed by atoms with Crippen LogP contribution in [-0.2, 0) is 0 Å². The number of fused-ring (bicyclic) bond motifs is 1. The third-order valence-electron chi connectivity index (χ3n) is 1.93. The van der Waals surface area contributed by atoms with Crippen LogP contribution in [0.4, 0.5) is 0 Å². The van der Waals surface area contributed by atoms with Crippen LogP contribution in [0.15, 0.2) is 27.8 Å². The molecule has 0 fully saturated rings. The summed E-state index contributed by atoms with van der Waals surface area (Å²) < 4.78 is 5.02. The first-order valence-electron chi connectivity index (χ1n) is 4.16. The van der Waals surface area contributed by atoms with Crippen molar-refractivity contribution in [2.24, 2.45) is 0 Å². The van der Waals surface area contributed by atoms with Crippen LogP contribution in [0.3, 0.4) is 0 Å². The van der Waals surface area contributed by atoms with E-state index >= 15 is 0 Å². The zero-order chi connectivity index (χ0) is 10.8. The van der Waals surface area contributed by atoms with Crippen molar-refractivity contribution in [2.45, 2.75) is 0 Å². The second-order valence-electron chi connectivity index (χ2n) is 2.87. The van der Waals surface area contributed by atoms with Crippen molar-refractivity contribution in [1.29, 1.82) is 0 Å². The minimum Gasteiger partial charge on any atom is -0.478 e. The molecule has 0 saturated carbocycles. The van der Waals surface area contributed by atoms with Gasteiger partial charge in [-0.3, -0.25) is 9.78 Å². The molecular formula is C9H7ClN2O3. The Morgan fingerprint density at radius 1 is 1.27 bits per heavy atom. The van der Waals surface area contributed by atoms with Crippen LogP contribution in [0.2, 0.25) is 0 Å². The Kier molecular flexibility index (Phi) is 2.47. The molecule has 0 aliphatic carbocycles. The summed E-state index contributed by atoms with van der Waals surface area (Å²) in [7, 11) is 0. The highest BCUT2D eigenvalue weighted by molar-refractivity contribution is 6.17. The van der Waals surface area contributed by atoms with Gasteiger partial charge in [0.15, 0.2) is 6.07 Å². The molecular weight excluding hydrogens is 220 g/mol. The Morgan fingerprint density at radius 3 is 2.80 bits per heavy atom. The minimum atomic E-state index is -0.529. The van der Waals surface area contributed by atoms with Gasteiger partial charge in [-0.05, 0) is 18.2 Å². The van der Waals surface area contributed by atoms with Gasteiger partial charge in [0.25, 0.3) is 5.56 Å². The van der Waals surface area contributed by atoms with Gasteiger partial charge in [0, 0.05) is 0 Å². The van der Waals surface area contributed by atoms with Gasteiger partial charge in [-0.2, -0.15) is 0 Å². The molecule has 6 heteroatoms. The van der Waals surface area contributed by atoms with Crippen LogP contribution in [0.5, 0.6) is 5.75 Å². The summed E-state index contributed by atoms with van der Waals surface area (Å²) in [4.78, 5) is 27.0. The summed E-state index contributed by atoms with van der Waals surface area (Å²) in [5, 5.41) is 0.359. The highest BCUT2D eigenvalue weighted by Gasteiger charge is 2.02. The lowest BCUT2D eigenvalue weighted by Gasteiger charge is -2.02. The standard InChI is InChI=1S/C9H7ClN2O3/c10-4-15-5-1-2-7-6(3-5)8(13)12-9(14)11-7/h1-3H,4H2,(H2,11,12,13,14). The van der Waals surface area contributed by atoms with Crippen molar-refractivity contribution < 1.29 is 4.74 Å². The SMILES string of the molecule is O=c1[nH]c(=O)c2cc(OCCl)ccc2[nH]1.